The van der Waals surface area contributed by atoms with Gasteiger partial charge in [-0.05, 0) is 45.0 Å². The van der Waals surface area contributed by atoms with E-state index >= 15 is 0 Å². The van der Waals surface area contributed by atoms with Crippen LogP contribution in [0.2, 0.25) is 0 Å². The molecule has 0 spiro atoms. The molecule has 0 bridgehead atoms. The van der Waals surface area contributed by atoms with Gasteiger partial charge in [-0.3, -0.25) is 9.89 Å². The van der Waals surface area contributed by atoms with Crippen LogP contribution in [0.1, 0.15) is 31.1 Å². The third kappa shape index (κ3) is 5.35. The highest BCUT2D eigenvalue weighted by molar-refractivity contribution is 6.04. The van der Waals surface area contributed by atoms with Crippen molar-refractivity contribution in [3.05, 3.63) is 59.7 Å². The lowest BCUT2D eigenvalue weighted by atomic mass is 10.0. The molecule has 6 N–H and O–H groups in total. The first-order chi connectivity index (χ1) is 14.5. The Balaban J connectivity index is 1.74. The summed E-state index contributed by atoms with van der Waals surface area (Å²) in [6.45, 7) is 5.55. The zero-order valence-electron chi connectivity index (χ0n) is 17.1. The molecular formula is C21H22F2N6O2. The smallest absolute Gasteiger partial charge is 0.323 e. The number of nitrogens with zero attached hydrogens (tertiary/aromatic N) is 1. The van der Waals surface area contributed by atoms with E-state index in [9.17, 15) is 18.4 Å². The van der Waals surface area contributed by atoms with Crippen LogP contribution < -0.4 is 21.7 Å². The van der Waals surface area contributed by atoms with E-state index in [-0.39, 0.29) is 23.0 Å². The largest absolute Gasteiger partial charge is 0.382 e. The van der Waals surface area contributed by atoms with Gasteiger partial charge in [0, 0.05) is 22.9 Å². The van der Waals surface area contributed by atoms with E-state index in [2.05, 4.69) is 26.1 Å². The van der Waals surface area contributed by atoms with Crippen molar-refractivity contribution in [1.82, 2.24) is 15.5 Å². The fourth-order valence-corrected chi connectivity index (χ4v) is 2.80. The lowest BCUT2D eigenvalue weighted by Crippen LogP contribution is -2.40. The van der Waals surface area contributed by atoms with E-state index in [0.29, 0.717) is 16.9 Å². The zero-order valence-corrected chi connectivity index (χ0v) is 17.1. The average molecular weight is 428 g/mol. The molecule has 0 saturated heterocycles. The molecule has 0 aliphatic heterocycles. The van der Waals surface area contributed by atoms with Crippen molar-refractivity contribution in [2.45, 2.75) is 26.3 Å². The number of H-pyrrole nitrogens is 1. The van der Waals surface area contributed by atoms with Crippen LogP contribution in [0.25, 0.3) is 11.3 Å². The van der Waals surface area contributed by atoms with Crippen molar-refractivity contribution in [3.8, 4) is 11.3 Å². The number of nitrogen functional groups attached to an aromatic ring is 1. The average Bonchev–Trinajstić information content (AvgIpc) is 3.05. The Morgan fingerprint density at radius 2 is 1.71 bits per heavy atom. The van der Waals surface area contributed by atoms with E-state index < -0.39 is 23.2 Å². The molecule has 0 atom stereocenters. The number of rotatable bonds is 4. The number of urea groups is 1. The van der Waals surface area contributed by atoms with Gasteiger partial charge in [0.2, 0.25) is 0 Å². The molecule has 31 heavy (non-hydrogen) atoms. The second-order valence-electron chi connectivity index (χ2n) is 7.84. The van der Waals surface area contributed by atoms with Crippen LogP contribution in [0.5, 0.6) is 0 Å². The van der Waals surface area contributed by atoms with E-state index in [1.807, 2.05) is 20.8 Å². The minimum absolute atomic E-state index is 0.0652. The third-order valence-corrected chi connectivity index (χ3v) is 4.12. The predicted octanol–water partition coefficient (Wildman–Crippen LogP) is 4.11. The first-order valence-corrected chi connectivity index (χ1v) is 9.33. The van der Waals surface area contributed by atoms with Crippen LogP contribution in [0.15, 0.2) is 42.5 Å². The topological polar surface area (TPSA) is 125 Å². The fraction of sp³-hybridized carbons (Fsp3) is 0.190. The number of hydrogen-bond donors (Lipinski definition) is 5. The van der Waals surface area contributed by atoms with Gasteiger partial charge in [-0.2, -0.15) is 5.10 Å². The third-order valence-electron chi connectivity index (χ3n) is 4.12. The number of nitrogens with one attached hydrogen (secondary N) is 4. The minimum Gasteiger partial charge on any atom is -0.382 e. The summed E-state index contributed by atoms with van der Waals surface area (Å²) in [7, 11) is 0. The standard InChI is InChI=1S/C21H22F2N6O2/c1-21(2,3)27-19(30)16-17(28-29-18(16)24)11-4-7-13(8-5-11)25-20(31)26-15-10-12(22)6-9-14(15)23/h4-10H,1-3H3,(H,27,30)(H3,24,28,29)(H2,25,26,31). The summed E-state index contributed by atoms with van der Waals surface area (Å²) in [5.41, 5.74) is 6.78. The number of hydrogen-bond acceptors (Lipinski definition) is 4. The summed E-state index contributed by atoms with van der Waals surface area (Å²) in [6.07, 6.45) is 0. The van der Waals surface area contributed by atoms with Gasteiger partial charge >= 0.3 is 6.03 Å². The molecule has 0 fully saturated rings. The van der Waals surface area contributed by atoms with Gasteiger partial charge in [0.1, 0.15) is 17.2 Å². The summed E-state index contributed by atoms with van der Waals surface area (Å²) in [4.78, 5) is 24.7. The number of aromatic amines is 1. The molecule has 10 heteroatoms. The van der Waals surface area contributed by atoms with Gasteiger partial charge in [-0.25, -0.2) is 13.6 Å². The highest BCUT2D eigenvalue weighted by atomic mass is 19.1. The lowest BCUT2D eigenvalue weighted by Gasteiger charge is -2.20. The van der Waals surface area contributed by atoms with Crippen molar-refractivity contribution in [2.75, 3.05) is 16.4 Å². The highest BCUT2D eigenvalue weighted by Crippen LogP contribution is 2.27. The minimum atomic E-state index is -0.759. The van der Waals surface area contributed by atoms with Crippen LogP contribution in [-0.2, 0) is 0 Å². The molecule has 3 rings (SSSR count). The second kappa shape index (κ2) is 8.42. The molecular weight excluding hydrogens is 406 g/mol. The summed E-state index contributed by atoms with van der Waals surface area (Å²) >= 11 is 0. The SMILES string of the molecule is CC(C)(C)NC(=O)c1c(N)n[nH]c1-c1ccc(NC(=O)Nc2cc(F)ccc2F)cc1. The maximum Gasteiger partial charge on any atom is 0.323 e. The summed E-state index contributed by atoms with van der Waals surface area (Å²) in [5.74, 6) is -1.74. The van der Waals surface area contributed by atoms with Gasteiger partial charge in [-0.15, -0.1) is 0 Å². The van der Waals surface area contributed by atoms with Crippen LogP contribution >= 0.6 is 0 Å². The molecule has 0 unspecified atom stereocenters. The zero-order chi connectivity index (χ0) is 22.8. The number of carbonyl (C=O) groups is 2. The second-order valence-corrected chi connectivity index (χ2v) is 7.84. The Labute approximate surface area is 177 Å². The molecule has 3 amide bonds. The molecule has 1 heterocycles. The summed E-state index contributed by atoms with van der Waals surface area (Å²) in [6, 6.07) is 8.48. The lowest BCUT2D eigenvalue weighted by molar-refractivity contribution is 0.0921. The van der Waals surface area contributed by atoms with Crippen molar-refractivity contribution < 1.29 is 18.4 Å². The number of carbonyl (C=O) groups excluding carboxylic acids is 2. The first kappa shape index (κ1) is 21.8. The van der Waals surface area contributed by atoms with Crippen molar-refractivity contribution in [1.29, 1.82) is 0 Å². The molecule has 0 saturated carbocycles. The van der Waals surface area contributed by atoms with Crippen LogP contribution in [0.4, 0.5) is 30.8 Å². The molecule has 162 valence electrons. The molecule has 3 aromatic rings. The maximum atomic E-state index is 13.7. The number of anilines is 3. The Morgan fingerprint density at radius 3 is 2.35 bits per heavy atom. The monoisotopic (exact) mass is 428 g/mol. The summed E-state index contributed by atoms with van der Waals surface area (Å²) < 4.78 is 26.9. The molecule has 0 aliphatic rings. The predicted molar refractivity (Wildman–Crippen MR) is 115 cm³/mol. The van der Waals surface area contributed by atoms with Gasteiger partial charge in [0.25, 0.3) is 5.91 Å². The van der Waals surface area contributed by atoms with Crippen LogP contribution in [0, 0.1) is 11.6 Å². The Bertz CT molecular complexity index is 1120. The molecule has 8 nitrogen and oxygen atoms in total. The molecule has 1 aromatic heterocycles. The van der Waals surface area contributed by atoms with Crippen molar-refractivity contribution in [3.63, 3.8) is 0 Å². The number of benzene rings is 2. The Kier molecular flexibility index (Phi) is 5.91. The summed E-state index contributed by atoms with van der Waals surface area (Å²) in [5, 5.41) is 14.3. The quantitative estimate of drug-likeness (QED) is 0.429. The Hall–Kier alpha value is -3.95. The molecule has 2 aromatic carbocycles. The normalized spacial score (nSPS) is 11.1. The van der Waals surface area contributed by atoms with Gasteiger partial charge < -0.3 is 21.7 Å². The van der Waals surface area contributed by atoms with Gasteiger partial charge in [0.05, 0.1) is 11.4 Å². The first-order valence-electron chi connectivity index (χ1n) is 9.33. The number of halogens is 2. The van der Waals surface area contributed by atoms with Gasteiger partial charge in [-0.1, -0.05) is 12.1 Å². The van der Waals surface area contributed by atoms with Crippen molar-refractivity contribution >= 4 is 29.1 Å². The van der Waals surface area contributed by atoms with Crippen LogP contribution in [-0.4, -0.2) is 27.7 Å². The Morgan fingerprint density at radius 1 is 1.03 bits per heavy atom. The maximum absolute atomic E-state index is 13.7. The van der Waals surface area contributed by atoms with Crippen molar-refractivity contribution in [2.24, 2.45) is 0 Å². The van der Waals surface area contributed by atoms with E-state index in [1.165, 1.54) is 0 Å². The number of nitrogens with two attached hydrogens (primary N) is 1. The highest BCUT2D eigenvalue weighted by Gasteiger charge is 2.23. The molecule has 0 aliphatic carbocycles. The number of aromatic nitrogens is 2. The van der Waals surface area contributed by atoms with E-state index in [0.717, 1.165) is 18.2 Å². The van der Waals surface area contributed by atoms with E-state index in [4.69, 9.17) is 5.73 Å². The number of amides is 3. The molecule has 0 radical (unpaired) electrons. The fourth-order valence-electron chi connectivity index (χ4n) is 2.80. The van der Waals surface area contributed by atoms with E-state index in [1.54, 1.807) is 24.3 Å². The van der Waals surface area contributed by atoms with Gasteiger partial charge in [0.15, 0.2) is 5.82 Å². The van der Waals surface area contributed by atoms with Crippen LogP contribution in [0.3, 0.4) is 0 Å².